The first-order chi connectivity index (χ1) is 26.8. The minimum Gasteiger partial charge on any atom is -0.509 e. The van der Waals surface area contributed by atoms with Gasteiger partial charge in [-0.25, -0.2) is 4.98 Å². The van der Waals surface area contributed by atoms with E-state index >= 15 is 0 Å². The number of anilines is 4. The summed E-state index contributed by atoms with van der Waals surface area (Å²) in [5.41, 5.74) is 11.0. The van der Waals surface area contributed by atoms with Gasteiger partial charge in [0.15, 0.2) is 0 Å². The van der Waals surface area contributed by atoms with Gasteiger partial charge in [-0.2, -0.15) is 23.9 Å². The van der Waals surface area contributed by atoms with Gasteiger partial charge in [0.1, 0.15) is 5.82 Å². The molecule has 2 aliphatic rings. The van der Waals surface area contributed by atoms with E-state index in [4.69, 9.17) is 4.74 Å². The van der Waals surface area contributed by atoms with Crippen LogP contribution in [0.1, 0.15) is 0 Å². The average molecular weight is 905 g/mol. The second-order valence-electron chi connectivity index (χ2n) is 13.3. The molecule has 5 nitrogen and oxygen atoms in total. The van der Waals surface area contributed by atoms with Crippen LogP contribution in [0, 0.1) is 18.8 Å². The van der Waals surface area contributed by atoms with Crippen LogP contribution in [0.2, 0.25) is 0 Å². The van der Waals surface area contributed by atoms with E-state index in [9.17, 15) is 0 Å². The van der Waals surface area contributed by atoms with E-state index in [1.54, 1.807) is 11.8 Å². The molecule has 0 amide bonds. The summed E-state index contributed by atoms with van der Waals surface area (Å²) in [6, 6.07) is 64.3. The number of hydrogen-bond donors (Lipinski definition) is 0. The van der Waals surface area contributed by atoms with E-state index in [1.807, 2.05) is 36.5 Å². The number of nitrogens with zero attached hydrogens (tertiary/aromatic N) is 4. The molecule has 2 aromatic heterocycles. The van der Waals surface area contributed by atoms with Crippen molar-refractivity contribution in [3.8, 4) is 39.6 Å². The Hall–Kier alpha value is -6.07. The molecular formula is C48H29N4OPtS-3. The Balaban J connectivity index is 0.00000372. The number of benzene rings is 7. The largest absolute Gasteiger partial charge is 0.509 e. The molecule has 0 spiro atoms. The van der Waals surface area contributed by atoms with Gasteiger partial charge in [-0.05, 0) is 46.8 Å². The summed E-state index contributed by atoms with van der Waals surface area (Å²) in [5, 5.41) is 2.24. The Morgan fingerprint density at radius 1 is 0.545 bits per heavy atom. The van der Waals surface area contributed by atoms with Gasteiger partial charge in [0.25, 0.3) is 0 Å². The summed E-state index contributed by atoms with van der Waals surface area (Å²) in [4.78, 5) is 11.6. The van der Waals surface area contributed by atoms with Gasteiger partial charge in [-0.15, -0.1) is 36.3 Å². The Labute approximate surface area is 337 Å². The van der Waals surface area contributed by atoms with E-state index in [0.717, 1.165) is 77.5 Å². The molecule has 0 fully saturated rings. The quantitative estimate of drug-likeness (QED) is 0.155. The van der Waals surface area contributed by atoms with Crippen molar-refractivity contribution in [2.75, 3.05) is 9.80 Å². The van der Waals surface area contributed by atoms with E-state index in [2.05, 4.69) is 172 Å². The Bertz CT molecular complexity index is 2820. The van der Waals surface area contributed by atoms with Crippen molar-refractivity contribution in [1.82, 2.24) is 9.55 Å². The summed E-state index contributed by atoms with van der Waals surface area (Å²) in [7, 11) is 0. The third-order valence-corrected chi connectivity index (χ3v) is 11.2. The van der Waals surface area contributed by atoms with Crippen LogP contribution in [0.25, 0.3) is 49.9 Å². The second kappa shape index (κ2) is 13.7. The molecule has 55 heavy (non-hydrogen) atoms. The summed E-state index contributed by atoms with van der Waals surface area (Å²) in [6.45, 7) is 2.21. The van der Waals surface area contributed by atoms with E-state index in [0.29, 0.717) is 11.5 Å². The molecule has 0 saturated carbocycles. The number of fused-ring (bicyclic) bond motifs is 5. The number of pyridine rings is 1. The van der Waals surface area contributed by atoms with Crippen LogP contribution in [0.15, 0.2) is 180 Å². The fraction of sp³-hybridized carbons (Fsp3) is 0. The molecule has 0 aliphatic carbocycles. The van der Waals surface area contributed by atoms with E-state index in [1.165, 1.54) is 4.90 Å². The van der Waals surface area contributed by atoms with Crippen molar-refractivity contribution in [3.63, 3.8) is 0 Å². The van der Waals surface area contributed by atoms with Gasteiger partial charge in [0, 0.05) is 77.4 Å². The number of hydrogen-bond acceptors (Lipinski definition) is 5. The summed E-state index contributed by atoms with van der Waals surface area (Å²) < 4.78 is 8.74. The maximum Gasteiger partial charge on any atom is 0.135 e. The smallest absolute Gasteiger partial charge is 0.135 e. The van der Waals surface area contributed by atoms with Crippen LogP contribution in [-0.2, 0) is 21.1 Å². The molecule has 9 aromatic rings. The zero-order valence-corrected chi connectivity index (χ0v) is 32.3. The molecule has 0 bridgehead atoms. The minimum absolute atomic E-state index is 0. The molecule has 7 aromatic carbocycles. The van der Waals surface area contributed by atoms with Gasteiger partial charge in [-0.3, -0.25) is 0 Å². The summed E-state index contributed by atoms with van der Waals surface area (Å²) >= 11 is 1.76. The average Bonchev–Trinajstić information content (AvgIpc) is 3.79. The van der Waals surface area contributed by atoms with Crippen LogP contribution >= 0.6 is 11.8 Å². The first-order valence-corrected chi connectivity index (χ1v) is 18.7. The van der Waals surface area contributed by atoms with E-state index in [-0.39, 0.29) is 21.1 Å². The first kappa shape index (κ1) is 33.5. The van der Waals surface area contributed by atoms with Crippen molar-refractivity contribution < 1.29 is 25.8 Å². The monoisotopic (exact) mass is 904 g/mol. The minimum atomic E-state index is 0. The van der Waals surface area contributed by atoms with Crippen LogP contribution in [0.5, 0.6) is 11.5 Å². The molecule has 0 N–H and O–H groups in total. The fourth-order valence-electron chi connectivity index (χ4n) is 7.78. The zero-order chi connectivity index (χ0) is 35.6. The molecule has 0 atom stereocenters. The normalized spacial score (nSPS) is 12.7. The topological polar surface area (TPSA) is 33.5 Å². The van der Waals surface area contributed by atoms with Crippen LogP contribution < -0.4 is 14.5 Å². The SMILES string of the molecule is [Pt].[c-]1c(Oc2[c-]c3c(cc2)c2ccccc2n3-c2ccccn2)ccc2c1N1[CH-]N(c3c(-c4ccccc4)cccc3-c3ccccc3)c3cccc(c31)S2. The van der Waals surface area contributed by atoms with E-state index < -0.39 is 0 Å². The van der Waals surface area contributed by atoms with Crippen molar-refractivity contribution in [2.24, 2.45) is 0 Å². The van der Waals surface area contributed by atoms with Gasteiger partial charge in [-0.1, -0.05) is 125 Å². The van der Waals surface area contributed by atoms with Crippen molar-refractivity contribution in [1.29, 1.82) is 0 Å². The number of rotatable bonds is 6. The fourth-order valence-corrected chi connectivity index (χ4v) is 8.85. The first-order valence-electron chi connectivity index (χ1n) is 17.9. The van der Waals surface area contributed by atoms with Gasteiger partial charge in [0.05, 0.1) is 0 Å². The second-order valence-corrected chi connectivity index (χ2v) is 14.4. The molecule has 0 saturated heterocycles. The molecule has 0 unspecified atom stereocenters. The maximum absolute atomic E-state index is 6.59. The Morgan fingerprint density at radius 3 is 2.00 bits per heavy atom. The standard InChI is InChI=1S/C48H29N4OS.Pt/c1-3-13-32(14-4-1)36-18-11-19-37(33-15-5-2-6-16-33)47(36)50-31-51-43-30-35(25-27-44(43)54-45-22-12-21-41(50)48(45)51)53-34-24-26-39-38-17-7-8-20-40(38)52(42(39)29-34)46-23-9-10-28-49-46;/h1-28,31H;/q-3;. The number of para-hydroxylation sites is 3. The molecular weight excluding hydrogens is 876 g/mol. The van der Waals surface area contributed by atoms with Gasteiger partial charge < -0.3 is 19.1 Å². The zero-order valence-electron chi connectivity index (χ0n) is 29.2. The molecule has 266 valence electrons. The number of ether oxygens (including phenoxy) is 1. The third kappa shape index (κ3) is 5.55. The van der Waals surface area contributed by atoms with Crippen LogP contribution in [-0.4, -0.2) is 9.55 Å². The Morgan fingerprint density at radius 2 is 1.24 bits per heavy atom. The molecule has 0 radical (unpaired) electrons. The predicted octanol–water partition coefficient (Wildman–Crippen LogP) is 12.8. The predicted molar refractivity (Wildman–Crippen MR) is 219 cm³/mol. The molecule has 11 rings (SSSR count). The van der Waals surface area contributed by atoms with Crippen molar-refractivity contribution in [3.05, 3.63) is 189 Å². The molecule has 7 heteroatoms. The maximum atomic E-state index is 6.59. The van der Waals surface area contributed by atoms with Gasteiger partial charge in [0.2, 0.25) is 0 Å². The van der Waals surface area contributed by atoms with Gasteiger partial charge >= 0.3 is 0 Å². The van der Waals surface area contributed by atoms with Crippen molar-refractivity contribution >= 4 is 56.3 Å². The Kier molecular flexibility index (Phi) is 8.31. The number of aromatic nitrogens is 2. The molecule has 2 aliphatic heterocycles. The molecule has 4 heterocycles. The summed E-state index contributed by atoms with van der Waals surface area (Å²) in [5.74, 6) is 2.06. The van der Waals surface area contributed by atoms with Crippen molar-refractivity contribution in [2.45, 2.75) is 9.79 Å². The third-order valence-electron chi connectivity index (χ3n) is 10.1. The summed E-state index contributed by atoms with van der Waals surface area (Å²) in [6.07, 6.45) is 1.82. The van der Waals surface area contributed by atoms with Crippen LogP contribution in [0.4, 0.5) is 22.7 Å². The van der Waals surface area contributed by atoms with Crippen LogP contribution in [0.3, 0.4) is 0 Å².